The normalized spacial score (nSPS) is 13.7. The second-order valence-electron chi connectivity index (χ2n) is 7.70. The number of ether oxygens (including phenoxy) is 1. The van der Waals surface area contributed by atoms with Gasteiger partial charge in [-0.2, -0.15) is 0 Å². The number of carbonyl (C=O) groups is 2. The van der Waals surface area contributed by atoms with Crippen molar-refractivity contribution in [1.82, 2.24) is 5.32 Å². The van der Waals surface area contributed by atoms with E-state index in [-0.39, 0.29) is 11.8 Å². The van der Waals surface area contributed by atoms with Gasteiger partial charge < -0.3 is 20.3 Å². The van der Waals surface area contributed by atoms with Crippen molar-refractivity contribution in [1.29, 1.82) is 0 Å². The Hall–Kier alpha value is -2.28. The molecule has 0 bridgehead atoms. The molecule has 3 rings (SSSR count). The summed E-state index contributed by atoms with van der Waals surface area (Å²) in [5.41, 5.74) is 2.32. The van der Waals surface area contributed by atoms with Gasteiger partial charge in [0, 0.05) is 59.8 Å². The molecular weight excluding hydrogens is 449 g/mol. The van der Waals surface area contributed by atoms with Gasteiger partial charge in [0.2, 0.25) is 0 Å². The summed E-state index contributed by atoms with van der Waals surface area (Å²) in [4.78, 5) is 28.0. The van der Waals surface area contributed by atoms with Crippen molar-refractivity contribution in [2.45, 2.75) is 32.6 Å². The Labute approximate surface area is 199 Å². The molecule has 1 fully saturated rings. The second-order valence-corrected chi connectivity index (χ2v) is 8.57. The van der Waals surface area contributed by atoms with Crippen molar-refractivity contribution in [3.63, 3.8) is 0 Å². The first-order chi connectivity index (χ1) is 15.5. The van der Waals surface area contributed by atoms with Crippen molar-refractivity contribution in [2.24, 2.45) is 0 Å². The molecule has 6 nitrogen and oxygen atoms in total. The monoisotopic (exact) mass is 477 g/mol. The molecule has 0 radical (unpaired) electrons. The first-order valence-electron chi connectivity index (χ1n) is 11.0. The van der Waals surface area contributed by atoms with E-state index in [1.54, 1.807) is 24.3 Å². The lowest BCUT2D eigenvalue weighted by molar-refractivity contribution is 0.0943. The van der Waals surface area contributed by atoms with Gasteiger partial charge in [0.1, 0.15) is 0 Å². The number of carbonyl (C=O) groups excluding carboxylic acids is 2. The Morgan fingerprint density at radius 2 is 1.72 bits per heavy atom. The molecular formula is C24H29Cl2N3O3. The quantitative estimate of drug-likeness (QED) is 0.474. The lowest BCUT2D eigenvalue weighted by Gasteiger charge is -2.30. The summed E-state index contributed by atoms with van der Waals surface area (Å²) in [5.74, 6) is -0.507. The van der Waals surface area contributed by atoms with Crippen LogP contribution in [0.15, 0.2) is 36.4 Å². The zero-order chi connectivity index (χ0) is 22.9. The number of halogens is 2. The van der Waals surface area contributed by atoms with Crippen LogP contribution in [0.5, 0.6) is 0 Å². The van der Waals surface area contributed by atoms with E-state index in [2.05, 4.69) is 15.5 Å². The highest BCUT2D eigenvalue weighted by Crippen LogP contribution is 2.28. The van der Waals surface area contributed by atoms with Crippen molar-refractivity contribution in [3.8, 4) is 0 Å². The van der Waals surface area contributed by atoms with E-state index >= 15 is 0 Å². The number of hydrogen-bond donors (Lipinski definition) is 2. The molecule has 32 heavy (non-hydrogen) atoms. The molecule has 0 unspecified atom stereocenters. The minimum absolute atomic E-state index is 0.163. The van der Waals surface area contributed by atoms with E-state index in [4.69, 9.17) is 27.9 Å². The van der Waals surface area contributed by atoms with Crippen LogP contribution in [0.25, 0.3) is 0 Å². The third-order valence-corrected chi connectivity index (χ3v) is 5.71. The van der Waals surface area contributed by atoms with Crippen molar-refractivity contribution in [3.05, 3.63) is 57.6 Å². The van der Waals surface area contributed by atoms with Gasteiger partial charge in [0.15, 0.2) is 0 Å². The summed E-state index contributed by atoms with van der Waals surface area (Å²) in [6.45, 7) is 5.56. The van der Waals surface area contributed by atoms with E-state index in [1.807, 2.05) is 19.1 Å². The summed E-state index contributed by atoms with van der Waals surface area (Å²) in [6.07, 6.45) is 4.14. The first kappa shape index (κ1) is 24.4. The highest BCUT2D eigenvalue weighted by Gasteiger charge is 2.20. The highest BCUT2D eigenvalue weighted by atomic mass is 35.5. The Bertz CT molecular complexity index is 926. The molecule has 1 aliphatic heterocycles. The summed E-state index contributed by atoms with van der Waals surface area (Å²) in [6, 6.07) is 10.1. The zero-order valence-electron chi connectivity index (χ0n) is 18.3. The molecule has 2 N–H and O–H groups in total. The summed E-state index contributed by atoms with van der Waals surface area (Å²) in [7, 11) is 0. The number of benzene rings is 2. The third kappa shape index (κ3) is 6.86. The average molecular weight is 478 g/mol. The Kier molecular flexibility index (Phi) is 9.21. The molecule has 0 aliphatic carbocycles. The van der Waals surface area contributed by atoms with Crippen LogP contribution < -0.4 is 15.5 Å². The van der Waals surface area contributed by atoms with Crippen molar-refractivity contribution >= 4 is 46.4 Å². The van der Waals surface area contributed by atoms with E-state index in [0.717, 1.165) is 38.0 Å². The SMILES string of the molecule is CCOCCCNC(=O)c1cc(NC(=O)c2cc(Cl)cc(Cl)c2)ccc1N1CCCCC1. The van der Waals surface area contributed by atoms with Crippen LogP contribution in [0.4, 0.5) is 11.4 Å². The maximum Gasteiger partial charge on any atom is 0.255 e. The van der Waals surface area contributed by atoms with Crippen molar-refractivity contribution in [2.75, 3.05) is 43.1 Å². The first-order valence-corrected chi connectivity index (χ1v) is 11.8. The lowest BCUT2D eigenvalue weighted by Crippen LogP contribution is -2.33. The minimum Gasteiger partial charge on any atom is -0.382 e. The van der Waals surface area contributed by atoms with E-state index in [0.29, 0.717) is 46.6 Å². The van der Waals surface area contributed by atoms with E-state index in [9.17, 15) is 9.59 Å². The topological polar surface area (TPSA) is 70.7 Å². The molecule has 0 aromatic heterocycles. The molecule has 1 aliphatic rings. The molecule has 8 heteroatoms. The van der Waals surface area contributed by atoms with Crippen molar-refractivity contribution < 1.29 is 14.3 Å². The van der Waals surface area contributed by atoms with Crippen LogP contribution >= 0.6 is 23.2 Å². The second kappa shape index (κ2) is 12.1. The van der Waals surface area contributed by atoms with Gasteiger partial charge in [-0.15, -0.1) is 0 Å². The van der Waals surface area contributed by atoms with E-state index < -0.39 is 0 Å². The van der Waals surface area contributed by atoms with Crippen LogP contribution in [0.2, 0.25) is 10.0 Å². The van der Waals surface area contributed by atoms with Crippen LogP contribution in [0, 0.1) is 0 Å². The van der Waals surface area contributed by atoms with Gasteiger partial charge in [-0.1, -0.05) is 23.2 Å². The maximum absolute atomic E-state index is 13.0. The zero-order valence-corrected chi connectivity index (χ0v) is 19.8. The molecule has 2 aromatic carbocycles. The van der Waals surface area contributed by atoms with Gasteiger partial charge in [-0.3, -0.25) is 9.59 Å². The smallest absolute Gasteiger partial charge is 0.255 e. The number of hydrogen-bond acceptors (Lipinski definition) is 4. The van der Waals surface area contributed by atoms with Gasteiger partial charge in [-0.05, 0) is 69.0 Å². The number of rotatable bonds is 9. The molecule has 0 atom stereocenters. The van der Waals surface area contributed by atoms with Gasteiger partial charge in [0.05, 0.1) is 5.56 Å². The fourth-order valence-electron chi connectivity index (χ4n) is 3.71. The average Bonchev–Trinajstić information content (AvgIpc) is 2.78. The van der Waals surface area contributed by atoms with Gasteiger partial charge in [-0.25, -0.2) is 0 Å². The van der Waals surface area contributed by atoms with Crippen LogP contribution in [0.1, 0.15) is 53.3 Å². The number of nitrogens with one attached hydrogen (secondary N) is 2. The number of piperidine rings is 1. The number of anilines is 2. The molecule has 0 spiro atoms. The molecule has 1 saturated heterocycles. The van der Waals surface area contributed by atoms with Crippen LogP contribution in [0.3, 0.4) is 0 Å². The molecule has 0 saturated carbocycles. The van der Waals surface area contributed by atoms with Gasteiger partial charge in [0.25, 0.3) is 11.8 Å². The summed E-state index contributed by atoms with van der Waals surface area (Å²) in [5, 5.41) is 6.59. The standard InChI is InChI=1S/C24H29Cl2N3O3/c1-2-32-12-6-9-27-24(31)21-16-20(7-8-22(21)29-10-4-3-5-11-29)28-23(30)17-13-18(25)15-19(26)14-17/h7-8,13-16H,2-6,9-12H2,1H3,(H,27,31)(H,28,30). The Balaban J connectivity index is 1.79. The number of amides is 2. The van der Waals surface area contributed by atoms with E-state index in [1.165, 1.54) is 6.42 Å². The summed E-state index contributed by atoms with van der Waals surface area (Å²) < 4.78 is 5.34. The van der Waals surface area contributed by atoms with Crippen LogP contribution in [-0.4, -0.2) is 44.7 Å². The molecule has 1 heterocycles. The van der Waals surface area contributed by atoms with Crippen LogP contribution in [-0.2, 0) is 4.74 Å². The predicted octanol–water partition coefficient (Wildman–Crippen LogP) is 5.39. The molecule has 2 amide bonds. The summed E-state index contributed by atoms with van der Waals surface area (Å²) >= 11 is 12.0. The lowest BCUT2D eigenvalue weighted by atomic mass is 10.1. The third-order valence-electron chi connectivity index (χ3n) is 5.28. The highest BCUT2D eigenvalue weighted by molar-refractivity contribution is 6.35. The molecule has 2 aromatic rings. The minimum atomic E-state index is -0.344. The molecule has 172 valence electrons. The maximum atomic E-state index is 13.0. The Morgan fingerprint density at radius 1 is 1.00 bits per heavy atom. The largest absolute Gasteiger partial charge is 0.382 e. The fourth-order valence-corrected chi connectivity index (χ4v) is 4.24. The predicted molar refractivity (Wildman–Crippen MR) is 130 cm³/mol. The fraction of sp³-hybridized carbons (Fsp3) is 0.417. The number of nitrogens with zero attached hydrogens (tertiary/aromatic N) is 1. The van der Waals surface area contributed by atoms with Gasteiger partial charge >= 0.3 is 0 Å². The Morgan fingerprint density at radius 3 is 2.41 bits per heavy atom.